The third-order valence-corrected chi connectivity index (χ3v) is 6.93. The highest BCUT2D eigenvalue weighted by Gasteiger charge is 2.31. The maximum atomic E-state index is 12.8. The van der Waals surface area contributed by atoms with Crippen molar-refractivity contribution < 1.29 is 27.5 Å². The minimum atomic E-state index is -3.10. The molecule has 0 radical (unpaired) electrons. The van der Waals surface area contributed by atoms with E-state index in [1.807, 2.05) is 13.8 Å². The molecule has 10 heteroatoms. The fraction of sp³-hybridized carbons (Fsp3) is 0.579. The van der Waals surface area contributed by atoms with Gasteiger partial charge in [-0.2, -0.15) is 0 Å². The zero-order valence-electron chi connectivity index (χ0n) is 16.6. The quantitative estimate of drug-likeness (QED) is 0.631. The normalized spacial score (nSPS) is 21.7. The zero-order chi connectivity index (χ0) is 21.0. The number of ether oxygens (including phenoxy) is 2. The molecule has 2 heterocycles. The Morgan fingerprint density at radius 1 is 1.21 bits per heavy atom. The van der Waals surface area contributed by atoms with Gasteiger partial charge in [0, 0.05) is 17.8 Å². The van der Waals surface area contributed by atoms with Crippen LogP contribution in [0.25, 0.3) is 0 Å². The van der Waals surface area contributed by atoms with Crippen molar-refractivity contribution in [1.29, 1.82) is 0 Å². The molecule has 0 bridgehead atoms. The van der Waals surface area contributed by atoms with Gasteiger partial charge in [0.25, 0.3) is 0 Å². The summed E-state index contributed by atoms with van der Waals surface area (Å²) in [7, 11) is -3.10. The summed E-state index contributed by atoms with van der Waals surface area (Å²) in [6.45, 7) is 4.72. The molecule has 0 spiro atoms. The highest BCUT2D eigenvalue weighted by atomic mass is 32.2. The third kappa shape index (κ3) is 5.53. The molecule has 1 fully saturated rings. The number of hydrogen-bond donors (Lipinski definition) is 3. The molecule has 9 nitrogen and oxygen atoms in total. The molecule has 3 atom stereocenters. The van der Waals surface area contributed by atoms with E-state index in [1.54, 1.807) is 18.2 Å². The van der Waals surface area contributed by atoms with Crippen molar-refractivity contribution in [3.05, 3.63) is 18.2 Å². The molecule has 1 aromatic carbocycles. The van der Waals surface area contributed by atoms with E-state index < -0.39 is 28.0 Å². The minimum absolute atomic E-state index is 0.0668. The van der Waals surface area contributed by atoms with Crippen LogP contribution in [0.4, 0.5) is 10.5 Å². The molecule has 160 valence electrons. The van der Waals surface area contributed by atoms with Crippen molar-refractivity contribution in [1.82, 2.24) is 10.6 Å². The van der Waals surface area contributed by atoms with Gasteiger partial charge < -0.3 is 25.4 Å². The summed E-state index contributed by atoms with van der Waals surface area (Å²) >= 11 is 0. The van der Waals surface area contributed by atoms with E-state index in [4.69, 9.17) is 9.47 Å². The molecule has 0 unspecified atom stereocenters. The second-order valence-corrected chi connectivity index (χ2v) is 9.66. The molecular formula is C19H27N3O6S. The molecule has 0 aliphatic carbocycles. The second-order valence-electron chi connectivity index (χ2n) is 7.43. The Morgan fingerprint density at radius 2 is 1.93 bits per heavy atom. The topological polar surface area (TPSA) is 123 Å². The van der Waals surface area contributed by atoms with Crippen molar-refractivity contribution in [2.75, 3.05) is 30.0 Å². The number of rotatable bonds is 6. The van der Waals surface area contributed by atoms with Crippen LogP contribution in [0, 0.1) is 5.92 Å². The fourth-order valence-corrected chi connectivity index (χ4v) is 4.99. The number of anilines is 1. The Kier molecular flexibility index (Phi) is 6.51. The summed E-state index contributed by atoms with van der Waals surface area (Å²) in [4.78, 5) is 25.2. The first kappa shape index (κ1) is 21.2. The van der Waals surface area contributed by atoms with Crippen LogP contribution in [-0.4, -0.2) is 57.2 Å². The van der Waals surface area contributed by atoms with Crippen LogP contribution in [-0.2, 0) is 14.6 Å². The average Bonchev–Trinajstić information content (AvgIpc) is 3.03. The van der Waals surface area contributed by atoms with Crippen molar-refractivity contribution in [3.8, 4) is 11.5 Å². The predicted octanol–water partition coefficient (Wildman–Crippen LogP) is 1.30. The second kappa shape index (κ2) is 8.89. The highest BCUT2D eigenvalue weighted by molar-refractivity contribution is 7.91. The van der Waals surface area contributed by atoms with E-state index in [1.165, 1.54) is 0 Å². The molecule has 2 aliphatic heterocycles. The van der Waals surface area contributed by atoms with Crippen molar-refractivity contribution in [3.63, 3.8) is 0 Å². The number of amides is 3. The molecule has 0 aromatic heterocycles. The van der Waals surface area contributed by atoms with E-state index in [-0.39, 0.29) is 23.3 Å². The zero-order valence-corrected chi connectivity index (χ0v) is 17.4. The molecule has 3 rings (SSSR count). The molecule has 2 aliphatic rings. The molecule has 0 saturated carbocycles. The van der Waals surface area contributed by atoms with Gasteiger partial charge in [-0.1, -0.05) is 20.3 Å². The lowest BCUT2D eigenvalue weighted by Crippen LogP contribution is -2.53. The Morgan fingerprint density at radius 3 is 2.59 bits per heavy atom. The van der Waals surface area contributed by atoms with Crippen LogP contribution < -0.4 is 25.4 Å². The number of nitrogens with one attached hydrogen (secondary N) is 3. The fourth-order valence-electron chi connectivity index (χ4n) is 3.32. The van der Waals surface area contributed by atoms with E-state index >= 15 is 0 Å². The Hall–Kier alpha value is -2.49. The van der Waals surface area contributed by atoms with Gasteiger partial charge in [-0.15, -0.1) is 0 Å². The molecular weight excluding hydrogens is 398 g/mol. The highest BCUT2D eigenvalue weighted by Crippen LogP contribution is 2.32. The van der Waals surface area contributed by atoms with Crippen molar-refractivity contribution in [2.45, 2.75) is 38.8 Å². The summed E-state index contributed by atoms with van der Waals surface area (Å²) in [5, 5.41) is 8.16. The molecule has 3 N–H and O–H groups in total. The number of fused-ring (bicyclic) bond motifs is 1. The standard InChI is InChI=1S/C19H27N3O6S/c1-3-12(2)17(22-19(24)21-14-6-9-29(25,26)11-14)18(23)20-13-4-5-15-16(10-13)28-8-7-27-15/h4-5,10,12,14,17H,3,6-9,11H2,1-2H3,(H,20,23)(H2,21,22,24)/t12-,14-,17+/m1/s1. The van der Waals surface area contributed by atoms with Gasteiger partial charge in [0.1, 0.15) is 19.3 Å². The van der Waals surface area contributed by atoms with Crippen LogP contribution >= 0.6 is 0 Å². The van der Waals surface area contributed by atoms with Gasteiger partial charge in [0.2, 0.25) is 5.91 Å². The maximum Gasteiger partial charge on any atom is 0.315 e. The van der Waals surface area contributed by atoms with Crippen molar-refractivity contribution in [2.24, 2.45) is 5.92 Å². The third-order valence-electron chi connectivity index (χ3n) is 5.16. The smallest absolute Gasteiger partial charge is 0.315 e. The Labute approximate surface area is 170 Å². The molecule has 29 heavy (non-hydrogen) atoms. The van der Waals surface area contributed by atoms with E-state index in [2.05, 4.69) is 16.0 Å². The van der Waals surface area contributed by atoms with Crippen molar-refractivity contribution >= 4 is 27.5 Å². The lowest BCUT2D eigenvalue weighted by molar-refractivity contribution is -0.119. The summed E-state index contributed by atoms with van der Waals surface area (Å²) in [5.74, 6) is 0.698. The number of carbonyl (C=O) groups excluding carboxylic acids is 2. The van der Waals surface area contributed by atoms with E-state index in [0.29, 0.717) is 43.2 Å². The number of benzene rings is 1. The van der Waals surface area contributed by atoms with Crippen LogP contribution in [0.1, 0.15) is 26.7 Å². The Bertz CT molecular complexity index is 873. The van der Waals surface area contributed by atoms with Crippen LogP contribution in [0.2, 0.25) is 0 Å². The predicted molar refractivity (Wildman–Crippen MR) is 108 cm³/mol. The summed E-state index contributed by atoms with van der Waals surface area (Å²) in [6.07, 6.45) is 1.06. The monoisotopic (exact) mass is 425 g/mol. The van der Waals surface area contributed by atoms with Crippen LogP contribution in [0.3, 0.4) is 0 Å². The van der Waals surface area contributed by atoms with Gasteiger partial charge >= 0.3 is 6.03 Å². The molecule has 1 aromatic rings. The minimum Gasteiger partial charge on any atom is -0.486 e. The SMILES string of the molecule is CC[C@@H](C)[C@H](NC(=O)N[C@@H]1CCS(=O)(=O)C1)C(=O)Nc1ccc2c(c1)OCCO2. The first-order valence-corrected chi connectivity index (χ1v) is 11.6. The van der Waals surface area contributed by atoms with Crippen LogP contribution in [0.15, 0.2) is 18.2 Å². The molecule has 1 saturated heterocycles. The first-order valence-electron chi connectivity index (χ1n) is 9.75. The van der Waals surface area contributed by atoms with E-state index in [0.717, 1.165) is 0 Å². The number of urea groups is 1. The lowest BCUT2D eigenvalue weighted by Gasteiger charge is -2.25. The summed E-state index contributed by atoms with van der Waals surface area (Å²) in [6, 6.07) is 3.37. The number of hydrogen-bond acceptors (Lipinski definition) is 6. The van der Waals surface area contributed by atoms with Gasteiger partial charge in [-0.25, -0.2) is 13.2 Å². The summed E-state index contributed by atoms with van der Waals surface area (Å²) < 4.78 is 34.1. The van der Waals surface area contributed by atoms with Crippen LogP contribution in [0.5, 0.6) is 11.5 Å². The van der Waals surface area contributed by atoms with Gasteiger partial charge in [0.05, 0.1) is 11.5 Å². The van der Waals surface area contributed by atoms with Gasteiger partial charge in [0.15, 0.2) is 21.3 Å². The first-order chi connectivity index (χ1) is 13.8. The summed E-state index contributed by atoms with van der Waals surface area (Å²) in [5.41, 5.74) is 0.539. The Balaban J connectivity index is 1.63. The van der Waals surface area contributed by atoms with Gasteiger partial charge in [-0.05, 0) is 24.5 Å². The van der Waals surface area contributed by atoms with E-state index in [9.17, 15) is 18.0 Å². The number of carbonyl (C=O) groups is 2. The average molecular weight is 426 g/mol. The maximum absolute atomic E-state index is 12.8. The molecule has 3 amide bonds. The lowest BCUT2D eigenvalue weighted by atomic mass is 9.98. The largest absolute Gasteiger partial charge is 0.486 e. The number of sulfone groups is 1. The van der Waals surface area contributed by atoms with Gasteiger partial charge in [-0.3, -0.25) is 4.79 Å².